The minimum absolute atomic E-state index is 0.0701. The molecule has 2 rings (SSSR count). The zero-order valence-corrected chi connectivity index (χ0v) is 12.0. The first-order valence-electron chi connectivity index (χ1n) is 6.00. The van der Waals surface area contributed by atoms with Crippen LogP contribution >= 0.6 is 0 Å². The van der Waals surface area contributed by atoms with E-state index in [0.29, 0.717) is 11.3 Å². The molecule has 0 heterocycles. The molecule has 21 heavy (non-hydrogen) atoms. The highest BCUT2D eigenvalue weighted by Crippen LogP contribution is 2.20. The van der Waals surface area contributed by atoms with Crippen molar-refractivity contribution in [3.63, 3.8) is 0 Å². The molecule has 1 N–H and O–H groups in total. The van der Waals surface area contributed by atoms with Crippen LogP contribution in [0, 0.1) is 11.6 Å². The van der Waals surface area contributed by atoms with Gasteiger partial charge in [0.15, 0.2) is 0 Å². The van der Waals surface area contributed by atoms with Crippen molar-refractivity contribution < 1.29 is 21.9 Å². The lowest BCUT2D eigenvalue weighted by Gasteiger charge is -2.10. The molecular formula is C14H13F2NO3S. The molecule has 0 saturated heterocycles. The molecule has 0 bridgehead atoms. The second-order valence-electron chi connectivity index (χ2n) is 4.23. The van der Waals surface area contributed by atoms with Crippen LogP contribution in [0.4, 0.5) is 8.78 Å². The molecular weight excluding hydrogens is 300 g/mol. The Morgan fingerprint density at radius 1 is 1.05 bits per heavy atom. The highest BCUT2D eigenvalue weighted by atomic mass is 32.2. The fourth-order valence-corrected chi connectivity index (χ4v) is 2.76. The summed E-state index contributed by atoms with van der Waals surface area (Å²) in [6.45, 7) is -0.138. The molecule has 0 atom stereocenters. The van der Waals surface area contributed by atoms with Gasteiger partial charge in [-0.1, -0.05) is 0 Å². The van der Waals surface area contributed by atoms with Crippen LogP contribution in [0.15, 0.2) is 47.4 Å². The Morgan fingerprint density at radius 2 is 1.67 bits per heavy atom. The Balaban J connectivity index is 2.19. The van der Waals surface area contributed by atoms with Crippen LogP contribution in [-0.2, 0) is 16.6 Å². The van der Waals surface area contributed by atoms with Crippen LogP contribution < -0.4 is 9.46 Å². The lowest BCUT2D eigenvalue weighted by Crippen LogP contribution is -2.23. The van der Waals surface area contributed by atoms with E-state index in [2.05, 4.69) is 4.72 Å². The van der Waals surface area contributed by atoms with Crippen molar-refractivity contribution in [1.82, 2.24) is 4.72 Å². The van der Waals surface area contributed by atoms with Gasteiger partial charge in [0, 0.05) is 12.1 Å². The van der Waals surface area contributed by atoms with Gasteiger partial charge < -0.3 is 4.74 Å². The Hall–Kier alpha value is -1.99. The number of nitrogens with one attached hydrogen (secondary N) is 1. The molecule has 0 amide bonds. The molecule has 0 unspecified atom stereocenters. The third-order valence-electron chi connectivity index (χ3n) is 2.82. The molecule has 0 spiro atoms. The summed E-state index contributed by atoms with van der Waals surface area (Å²) in [5, 5.41) is 0. The summed E-state index contributed by atoms with van der Waals surface area (Å²) < 4.78 is 57.4. The van der Waals surface area contributed by atoms with Gasteiger partial charge in [-0.25, -0.2) is 21.9 Å². The van der Waals surface area contributed by atoms with Gasteiger partial charge in [0.1, 0.15) is 17.4 Å². The van der Waals surface area contributed by atoms with Gasteiger partial charge in [-0.05, 0) is 42.5 Å². The van der Waals surface area contributed by atoms with Crippen molar-refractivity contribution in [3.8, 4) is 5.75 Å². The molecule has 0 aliphatic heterocycles. The van der Waals surface area contributed by atoms with Crippen molar-refractivity contribution in [2.75, 3.05) is 7.11 Å². The predicted molar refractivity (Wildman–Crippen MR) is 73.4 cm³/mol. The minimum Gasteiger partial charge on any atom is -0.496 e. The van der Waals surface area contributed by atoms with E-state index in [9.17, 15) is 17.2 Å². The van der Waals surface area contributed by atoms with Crippen molar-refractivity contribution in [3.05, 3.63) is 59.7 Å². The van der Waals surface area contributed by atoms with E-state index in [1.165, 1.54) is 25.3 Å². The number of methoxy groups -OCH3 is 1. The molecule has 2 aromatic rings. The zero-order chi connectivity index (χ0) is 15.5. The van der Waals surface area contributed by atoms with E-state index < -0.39 is 21.7 Å². The van der Waals surface area contributed by atoms with Crippen molar-refractivity contribution in [2.45, 2.75) is 11.4 Å². The predicted octanol–water partition coefficient (Wildman–Crippen LogP) is 2.45. The van der Waals surface area contributed by atoms with Gasteiger partial charge in [0.2, 0.25) is 10.0 Å². The summed E-state index contributed by atoms with van der Waals surface area (Å²) >= 11 is 0. The van der Waals surface area contributed by atoms with Crippen molar-refractivity contribution in [1.29, 1.82) is 0 Å². The quantitative estimate of drug-likeness (QED) is 0.922. The molecule has 0 aromatic heterocycles. The van der Waals surface area contributed by atoms with Crippen LogP contribution in [0.25, 0.3) is 0 Å². The smallest absolute Gasteiger partial charge is 0.240 e. The Bertz CT molecular complexity index is 730. The Kier molecular flexibility index (Phi) is 4.54. The fourth-order valence-electron chi connectivity index (χ4n) is 1.76. The molecule has 0 aliphatic rings. The maximum atomic E-state index is 13.2. The van der Waals surface area contributed by atoms with E-state index in [1.54, 1.807) is 0 Å². The van der Waals surface area contributed by atoms with Crippen LogP contribution in [0.2, 0.25) is 0 Å². The van der Waals surface area contributed by atoms with E-state index in [-0.39, 0.29) is 11.4 Å². The summed E-state index contributed by atoms with van der Waals surface area (Å²) in [6.07, 6.45) is 0. The van der Waals surface area contributed by atoms with Crippen LogP contribution in [0.5, 0.6) is 5.75 Å². The number of ether oxygens (including phenoxy) is 1. The summed E-state index contributed by atoms with van der Waals surface area (Å²) in [7, 11) is -2.40. The fraction of sp³-hybridized carbons (Fsp3) is 0.143. The van der Waals surface area contributed by atoms with Gasteiger partial charge in [-0.3, -0.25) is 0 Å². The number of hydrogen-bond acceptors (Lipinski definition) is 3. The van der Waals surface area contributed by atoms with E-state index >= 15 is 0 Å². The number of sulfonamides is 1. The first-order valence-corrected chi connectivity index (χ1v) is 7.48. The second-order valence-corrected chi connectivity index (χ2v) is 6.00. The molecule has 0 saturated carbocycles. The summed E-state index contributed by atoms with van der Waals surface area (Å²) in [4.78, 5) is -0.0701. The maximum Gasteiger partial charge on any atom is 0.240 e. The Morgan fingerprint density at radius 3 is 2.29 bits per heavy atom. The first kappa shape index (κ1) is 15.4. The van der Waals surface area contributed by atoms with Crippen molar-refractivity contribution in [2.24, 2.45) is 0 Å². The topological polar surface area (TPSA) is 55.4 Å². The van der Waals surface area contributed by atoms with Crippen molar-refractivity contribution >= 4 is 10.0 Å². The standard InChI is InChI=1S/C14H13F2NO3S/c1-20-14-7-4-12(16)8-10(14)9-17-21(18,19)13-5-2-11(15)3-6-13/h2-8,17H,9H2,1H3. The molecule has 2 aromatic carbocycles. The van der Waals surface area contributed by atoms with Crippen LogP contribution in [-0.4, -0.2) is 15.5 Å². The average Bonchev–Trinajstić information content (AvgIpc) is 2.46. The lowest BCUT2D eigenvalue weighted by atomic mass is 10.2. The van der Waals surface area contributed by atoms with E-state index in [4.69, 9.17) is 4.74 Å². The third kappa shape index (κ3) is 3.77. The molecule has 0 fully saturated rings. The number of rotatable bonds is 5. The van der Waals surface area contributed by atoms with Gasteiger partial charge in [0.25, 0.3) is 0 Å². The van der Waals surface area contributed by atoms with Gasteiger partial charge in [0.05, 0.1) is 12.0 Å². The number of benzene rings is 2. The van der Waals surface area contributed by atoms with Crippen LogP contribution in [0.3, 0.4) is 0 Å². The SMILES string of the molecule is COc1ccc(F)cc1CNS(=O)(=O)c1ccc(F)cc1. The highest BCUT2D eigenvalue weighted by molar-refractivity contribution is 7.89. The third-order valence-corrected chi connectivity index (χ3v) is 4.24. The normalized spacial score (nSPS) is 11.4. The second kappa shape index (κ2) is 6.19. The Labute approximate surface area is 121 Å². The first-order chi connectivity index (χ1) is 9.92. The summed E-state index contributed by atoms with van der Waals surface area (Å²) in [5.74, 6) is -0.647. The largest absolute Gasteiger partial charge is 0.496 e. The zero-order valence-electron chi connectivity index (χ0n) is 11.1. The van der Waals surface area contributed by atoms with E-state index in [0.717, 1.165) is 24.3 Å². The highest BCUT2D eigenvalue weighted by Gasteiger charge is 2.15. The molecule has 0 radical (unpaired) electrons. The maximum absolute atomic E-state index is 13.2. The minimum atomic E-state index is -3.81. The van der Waals surface area contributed by atoms with Gasteiger partial charge in [-0.15, -0.1) is 0 Å². The van der Waals surface area contributed by atoms with Gasteiger partial charge >= 0.3 is 0 Å². The van der Waals surface area contributed by atoms with Gasteiger partial charge in [-0.2, -0.15) is 0 Å². The summed E-state index contributed by atoms with van der Waals surface area (Å²) in [5.41, 5.74) is 0.364. The number of hydrogen-bond donors (Lipinski definition) is 1. The summed E-state index contributed by atoms with van der Waals surface area (Å²) in [6, 6.07) is 8.23. The van der Waals surface area contributed by atoms with Crippen LogP contribution in [0.1, 0.15) is 5.56 Å². The number of halogens is 2. The van der Waals surface area contributed by atoms with E-state index in [1.807, 2.05) is 0 Å². The monoisotopic (exact) mass is 313 g/mol. The molecule has 7 heteroatoms. The molecule has 4 nitrogen and oxygen atoms in total. The molecule has 112 valence electrons. The lowest BCUT2D eigenvalue weighted by molar-refractivity contribution is 0.407. The molecule has 0 aliphatic carbocycles. The average molecular weight is 313 g/mol.